The van der Waals surface area contributed by atoms with E-state index in [0.29, 0.717) is 12.5 Å². The second kappa shape index (κ2) is 8.31. The summed E-state index contributed by atoms with van der Waals surface area (Å²) in [6.45, 7) is 8.59. The molecular weight excluding hydrogens is 294 g/mol. The first kappa shape index (κ1) is 17.7. The van der Waals surface area contributed by atoms with Crippen LogP contribution in [0.4, 0.5) is 10.6 Å². The van der Waals surface area contributed by atoms with E-state index in [9.17, 15) is 4.79 Å². The first-order valence-corrected chi connectivity index (χ1v) is 8.33. The van der Waals surface area contributed by atoms with E-state index >= 15 is 0 Å². The average Bonchev–Trinajstić information content (AvgIpc) is 3.10. The second-order valence-corrected chi connectivity index (χ2v) is 6.18. The third-order valence-corrected chi connectivity index (χ3v) is 4.48. The van der Waals surface area contributed by atoms with Gasteiger partial charge in [0.25, 0.3) is 0 Å². The lowest BCUT2D eigenvalue weighted by molar-refractivity contribution is 0.159. The van der Waals surface area contributed by atoms with Crippen molar-refractivity contribution >= 4 is 11.8 Å². The number of amides is 2. The van der Waals surface area contributed by atoms with Gasteiger partial charge in [-0.25, -0.2) is 4.79 Å². The summed E-state index contributed by atoms with van der Waals surface area (Å²) in [5.41, 5.74) is 2.06. The zero-order chi connectivity index (χ0) is 16.8. The lowest BCUT2D eigenvalue weighted by atomic mass is 10.1. The molecular formula is C16H29N5O2. The highest BCUT2D eigenvalue weighted by Gasteiger charge is 2.22. The van der Waals surface area contributed by atoms with E-state index in [4.69, 9.17) is 4.74 Å². The van der Waals surface area contributed by atoms with Gasteiger partial charge >= 0.3 is 6.03 Å². The number of hydrogen-bond donors (Lipinski definition) is 2. The van der Waals surface area contributed by atoms with Gasteiger partial charge in [-0.3, -0.25) is 10.00 Å². The number of methoxy groups -OCH3 is 1. The number of urea groups is 1. The molecule has 1 aromatic heterocycles. The molecule has 0 aromatic carbocycles. The number of aromatic nitrogens is 2. The van der Waals surface area contributed by atoms with E-state index in [1.807, 2.05) is 14.0 Å². The molecule has 2 N–H and O–H groups in total. The van der Waals surface area contributed by atoms with Crippen molar-refractivity contribution in [3.8, 4) is 0 Å². The maximum absolute atomic E-state index is 12.1. The lowest BCUT2D eigenvalue weighted by Crippen LogP contribution is -2.35. The number of nitrogens with zero attached hydrogens (tertiary/aromatic N) is 3. The summed E-state index contributed by atoms with van der Waals surface area (Å²) in [7, 11) is 3.58. The number of nitrogens with one attached hydrogen (secondary N) is 2. The van der Waals surface area contributed by atoms with Crippen LogP contribution in [0, 0.1) is 12.8 Å². The lowest BCUT2D eigenvalue weighted by Gasteiger charge is -2.16. The van der Waals surface area contributed by atoms with Crippen LogP contribution in [0.25, 0.3) is 0 Å². The summed E-state index contributed by atoms with van der Waals surface area (Å²) in [5.74, 6) is 1.28. The van der Waals surface area contributed by atoms with Crippen molar-refractivity contribution in [2.45, 2.75) is 26.7 Å². The molecule has 0 saturated carbocycles. The van der Waals surface area contributed by atoms with Crippen molar-refractivity contribution in [3.05, 3.63) is 11.3 Å². The molecule has 1 aliphatic rings. The molecule has 130 valence electrons. The summed E-state index contributed by atoms with van der Waals surface area (Å²) in [6, 6.07) is -0.158. The monoisotopic (exact) mass is 323 g/mol. The van der Waals surface area contributed by atoms with E-state index in [1.54, 1.807) is 11.8 Å². The number of aryl methyl sites for hydroxylation is 2. The van der Waals surface area contributed by atoms with Crippen molar-refractivity contribution in [2.24, 2.45) is 13.0 Å². The van der Waals surface area contributed by atoms with Gasteiger partial charge in [-0.2, -0.15) is 5.10 Å². The molecule has 7 nitrogen and oxygen atoms in total. The minimum atomic E-state index is -0.158. The fourth-order valence-electron chi connectivity index (χ4n) is 3.09. The maximum atomic E-state index is 12.1. The fraction of sp³-hybridized carbons (Fsp3) is 0.750. The van der Waals surface area contributed by atoms with Gasteiger partial charge in [-0.15, -0.1) is 0 Å². The van der Waals surface area contributed by atoms with Crippen LogP contribution in [-0.4, -0.2) is 60.6 Å². The number of anilines is 1. The third kappa shape index (κ3) is 4.68. The Bertz CT molecular complexity index is 529. The standard InChI is InChI=1S/C16H29N5O2/c1-5-14-12(2)15(20(3)19-14)18-16(22)17-10-13-6-7-21(11-13)8-9-23-4/h13H,5-11H2,1-4H3,(H2,17,18,22). The van der Waals surface area contributed by atoms with Gasteiger partial charge in [0.15, 0.2) is 0 Å². The number of carbonyl (C=O) groups is 1. The van der Waals surface area contributed by atoms with Crippen LogP contribution < -0.4 is 10.6 Å². The van der Waals surface area contributed by atoms with Gasteiger partial charge in [-0.05, 0) is 32.2 Å². The highest BCUT2D eigenvalue weighted by Crippen LogP contribution is 2.18. The van der Waals surface area contributed by atoms with Crippen LogP contribution in [-0.2, 0) is 18.2 Å². The minimum absolute atomic E-state index is 0.158. The summed E-state index contributed by atoms with van der Waals surface area (Å²) in [4.78, 5) is 14.5. The number of hydrogen-bond acceptors (Lipinski definition) is 4. The van der Waals surface area contributed by atoms with E-state index in [1.165, 1.54) is 0 Å². The number of ether oxygens (including phenoxy) is 1. The van der Waals surface area contributed by atoms with Crippen LogP contribution in [0.2, 0.25) is 0 Å². The fourth-order valence-corrected chi connectivity index (χ4v) is 3.09. The van der Waals surface area contributed by atoms with Crippen LogP contribution in [0.3, 0.4) is 0 Å². The largest absolute Gasteiger partial charge is 0.383 e. The topological polar surface area (TPSA) is 71.4 Å². The molecule has 1 atom stereocenters. The number of likely N-dealkylation sites (tertiary alicyclic amines) is 1. The summed E-state index contributed by atoms with van der Waals surface area (Å²) in [6.07, 6.45) is 1.98. The molecule has 23 heavy (non-hydrogen) atoms. The first-order chi connectivity index (χ1) is 11.0. The Labute approximate surface area is 138 Å². The molecule has 1 aliphatic heterocycles. The first-order valence-electron chi connectivity index (χ1n) is 8.33. The predicted octanol–water partition coefficient (Wildman–Crippen LogP) is 1.38. The molecule has 7 heteroatoms. The van der Waals surface area contributed by atoms with Crippen LogP contribution in [0.15, 0.2) is 0 Å². The highest BCUT2D eigenvalue weighted by atomic mass is 16.5. The molecule has 2 rings (SSSR count). The molecule has 0 radical (unpaired) electrons. The van der Waals surface area contributed by atoms with Crippen LogP contribution in [0.1, 0.15) is 24.6 Å². The minimum Gasteiger partial charge on any atom is -0.383 e. The zero-order valence-corrected chi connectivity index (χ0v) is 14.7. The maximum Gasteiger partial charge on any atom is 0.320 e. The van der Waals surface area contributed by atoms with Gasteiger partial charge in [0.1, 0.15) is 5.82 Å². The Balaban J connectivity index is 1.77. The molecule has 1 saturated heterocycles. The van der Waals surface area contributed by atoms with Gasteiger partial charge in [0.05, 0.1) is 12.3 Å². The summed E-state index contributed by atoms with van der Waals surface area (Å²) in [5, 5.41) is 10.3. The molecule has 2 amide bonds. The third-order valence-electron chi connectivity index (χ3n) is 4.48. The number of carbonyl (C=O) groups excluding carboxylic acids is 1. The van der Waals surface area contributed by atoms with Crippen LogP contribution >= 0.6 is 0 Å². The van der Waals surface area contributed by atoms with Gasteiger partial charge in [0.2, 0.25) is 0 Å². The van der Waals surface area contributed by atoms with Crippen molar-refractivity contribution in [1.82, 2.24) is 20.0 Å². The zero-order valence-electron chi connectivity index (χ0n) is 14.7. The Morgan fingerprint density at radius 2 is 2.26 bits per heavy atom. The highest BCUT2D eigenvalue weighted by molar-refractivity contribution is 5.89. The summed E-state index contributed by atoms with van der Waals surface area (Å²) < 4.78 is 6.84. The van der Waals surface area contributed by atoms with Gasteiger partial charge in [-0.1, -0.05) is 6.92 Å². The van der Waals surface area contributed by atoms with Gasteiger partial charge in [0, 0.05) is 39.4 Å². The second-order valence-electron chi connectivity index (χ2n) is 6.18. The van der Waals surface area contributed by atoms with E-state index in [-0.39, 0.29) is 6.03 Å². The predicted molar refractivity (Wildman–Crippen MR) is 90.8 cm³/mol. The van der Waals surface area contributed by atoms with Crippen LogP contribution in [0.5, 0.6) is 0 Å². The quantitative estimate of drug-likeness (QED) is 0.795. The normalized spacial score (nSPS) is 18.3. The molecule has 0 bridgehead atoms. The van der Waals surface area contributed by atoms with Crippen molar-refractivity contribution in [1.29, 1.82) is 0 Å². The average molecular weight is 323 g/mol. The molecule has 2 heterocycles. The Hall–Kier alpha value is -1.60. The van der Waals surface area contributed by atoms with Gasteiger partial charge < -0.3 is 15.0 Å². The van der Waals surface area contributed by atoms with E-state index in [0.717, 1.165) is 56.2 Å². The smallest absolute Gasteiger partial charge is 0.320 e. The van der Waals surface area contributed by atoms with E-state index in [2.05, 4.69) is 27.6 Å². The van der Waals surface area contributed by atoms with Crippen molar-refractivity contribution in [3.63, 3.8) is 0 Å². The molecule has 1 aromatic rings. The molecule has 0 spiro atoms. The summed E-state index contributed by atoms with van der Waals surface area (Å²) >= 11 is 0. The molecule has 1 fully saturated rings. The van der Waals surface area contributed by atoms with Crippen molar-refractivity contribution in [2.75, 3.05) is 45.2 Å². The van der Waals surface area contributed by atoms with Crippen molar-refractivity contribution < 1.29 is 9.53 Å². The molecule has 0 aliphatic carbocycles. The van der Waals surface area contributed by atoms with E-state index < -0.39 is 0 Å². The molecule has 1 unspecified atom stereocenters. The Morgan fingerprint density at radius 3 is 2.91 bits per heavy atom. The number of rotatable bonds is 7. The SMILES string of the molecule is CCc1nn(C)c(NC(=O)NCC2CCN(CCOC)C2)c1C. The Morgan fingerprint density at radius 1 is 1.48 bits per heavy atom. The Kier molecular flexibility index (Phi) is 6.41.